The Kier molecular flexibility index (Phi) is 6.87. The molecular formula is C30H31N5O4. The van der Waals surface area contributed by atoms with Crippen LogP contribution in [0.3, 0.4) is 0 Å². The van der Waals surface area contributed by atoms with Gasteiger partial charge in [0.25, 0.3) is 0 Å². The highest BCUT2D eigenvalue weighted by molar-refractivity contribution is 6.02. The molecule has 1 fully saturated rings. The van der Waals surface area contributed by atoms with Gasteiger partial charge in [-0.2, -0.15) is 0 Å². The summed E-state index contributed by atoms with van der Waals surface area (Å²) in [5.41, 5.74) is 3.88. The molecule has 0 saturated heterocycles. The van der Waals surface area contributed by atoms with Gasteiger partial charge < -0.3 is 14.8 Å². The lowest BCUT2D eigenvalue weighted by molar-refractivity contribution is -0.127. The summed E-state index contributed by atoms with van der Waals surface area (Å²) in [7, 11) is 0. The summed E-state index contributed by atoms with van der Waals surface area (Å²) in [6.07, 6.45) is 4.94. The standard InChI is InChI=1S/C30H31N5O4/c1-2-20-11-13-21(14-12-20)29(30(37)31-22-7-3-4-8-22)35(23-15-16-26-27(17-23)39-19-38-26)28(36)18-34-25-10-6-5-9-24(25)32-33-34/h5-6,9-17,22,29H,2-4,7-8,18-19H2,1H3,(H,31,37)/t29-/m0/s1. The number of aromatic nitrogens is 3. The molecule has 0 unspecified atom stereocenters. The molecule has 39 heavy (non-hydrogen) atoms. The maximum Gasteiger partial charge on any atom is 0.249 e. The van der Waals surface area contributed by atoms with E-state index in [0.29, 0.717) is 22.7 Å². The summed E-state index contributed by atoms with van der Waals surface area (Å²) < 4.78 is 12.7. The highest BCUT2D eigenvalue weighted by atomic mass is 16.7. The van der Waals surface area contributed by atoms with Crippen LogP contribution in [0.1, 0.15) is 49.8 Å². The van der Waals surface area contributed by atoms with Crippen LogP contribution >= 0.6 is 0 Å². The third-order valence-corrected chi connectivity index (χ3v) is 7.52. The van der Waals surface area contributed by atoms with Crippen molar-refractivity contribution in [3.63, 3.8) is 0 Å². The molecule has 9 heteroatoms. The molecule has 1 saturated carbocycles. The SMILES string of the molecule is CCc1ccc([C@@H](C(=O)NC2CCCC2)N(C(=O)Cn2nnc3ccccc32)c2ccc3c(c2)OCO3)cc1. The van der Waals surface area contributed by atoms with E-state index in [0.717, 1.165) is 48.7 Å². The number of fused-ring (bicyclic) bond motifs is 2. The molecule has 2 amide bonds. The van der Waals surface area contributed by atoms with Crippen LogP contribution < -0.4 is 19.7 Å². The number of carbonyl (C=O) groups excluding carboxylic acids is 2. The topological polar surface area (TPSA) is 98.6 Å². The summed E-state index contributed by atoms with van der Waals surface area (Å²) in [5, 5.41) is 11.7. The van der Waals surface area contributed by atoms with Crippen LogP contribution in [-0.2, 0) is 22.6 Å². The quantitative estimate of drug-likeness (QED) is 0.362. The first-order valence-electron chi connectivity index (χ1n) is 13.5. The highest BCUT2D eigenvalue weighted by Crippen LogP contribution is 2.38. The fraction of sp³-hybridized carbons (Fsp3) is 0.333. The second-order valence-corrected chi connectivity index (χ2v) is 10.0. The van der Waals surface area contributed by atoms with Crippen molar-refractivity contribution < 1.29 is 19.1 Å². The Morgan fingerprint density at radius 1 is 1.03 bits per heavy atom. The zero-order valence-corrected chi connectivity index (χ0v) is 21.9. The largest absolute Gasteiger partial charge is 0.454 e. The van der Waals surface area contributed by atoms with Crippen LogP contribution in [0.4, 0.5) is 5.69 Å². The van der Waals surface area contributed by atoms with Gasteiger partial charge in [-0.05, 0) is 54.7 Å². The third kappa shape index (κ3) is 5.04. The Morgan fingerprint density at radius 3 is 2.59 bits per heavy atom. The minimum absolute atomic E-state index is 0.0881. The fourth-order valence-electron chi connectivity index (χ4n) is 5.41. The number of hydrogen-bond donors (Lipinski definition) is 1. The molecule has 3 aromatic carbocycles. The minimum atomic E-state index is -0.890. The number of nitrogens with zero attached hydrogens (tertiary/aromatic N) is 4. The van der Waals surface area contributed by atoms with E-state index in [2.05, 4.69) is 22.6 Å². The molecular weight excluding hydrogens is 494 g/mol. The van der Waals surface area contributed by atoms with Crippen molar-refractivity contribution in [3.05, 3.63) is 77.9 Å². The zero-order chi connectivity index (χ0) is 26.8. The molecule has 1 aliphatic heterocycles. The summed E-state index contributed by atoms with van der Waals surface area (Å²) in [5.74, 6) is 0.636. The minimum Gasteiger partial charge on any atom is -0.454 e. The number of anilines is 1. The molecule has 4 aromatic rings. The lowest BCUT2D eigenvalue weighted by Gasteiger charge is -2.32. The molecule has 1 atom stereocenters. The average Bonchev–Trinajstić information content (AvgIpc) is 3.73. The van der Waals surface area contributed by atoms with E-state index in [1.165, 1.54) is 0 Å². The number of aryl methyl sites for hydroxylation is 1. The van der Waals surface area contributed by atoms with Gasteiger partial charge in [0.2, 0.25) is 18.6 Å². The van der Waals surface area contributed by atoms with Crippen LogP contribution in [0.2, 0.25) is 0 Å². The van der Waals surface area contributed by atoms with Crippen molar-refractivity contribution in [2.75, 3.05) is 11.7 Å². The lowest BCUT2D eigenvalue weighted by Crippen LogP contribution is -2.47. The predicted molar refractivity (Wildman–Crippen MR) is 147 cm³/mol. The lowest BCUT2D eigenvalue weighted by atomic mass is 10.00. The normalized spacial score (nSPS) is 15.4. The first-order chi connectivity index (χ1) is 19.1. The molecule has 1 aromatic heterocycles. The molecule has 2 heterocycles. The first-order valence-corrected chi connectivity index (χ1v) is 13.5. The Labute approximate surface area is 226 Å². The van der Waals surface area contributed by atoms with E-state index in [1.54, 1.807) is 27.8 Å². The van der Waals surface area contributed by atoms with Crippen molar-refractivity contribution in [3.8, 4) is 11.5 Å². The number of benzene rings is 3. The molecule has 200 valence electrons. The zero-order valence-electron chi connectivity index (χ0n) is 21.9. The van der Waals surface area contributed by atoms with Crippen molar-refractivity contribution in [1.29, 1.82) is 0 Å². The molecule has 9 nitrogen and oxygen atoms in total. The summed E-state index contributed by atoms with van der Waals surface area (Å²) in [6, 6.07) is 19.9. The Morgan fingerprint density at radius 2 is 1.79 bits per heavy atom. The van der Waals surface area contributed by atoms with Gasteiger partial charge >= 0.3 is 0 Å². The van der Waals surface area contributed by atoms with Crippen LogP contribution in [0.5, 0.6) is 11.5 Å². The number of rotatable bonds is 8. The molecule has 2 aliphatic rings. The van der Waals surface area contributed by atoms with Gasteiger partial charge in [-0.3, -0.25) is 14.5 Å². The number of nitrogens with one attached hydrogen (secondary N) is 1. The van der Waals surface area contributed by atoms with E-state index in [1.807, 2.05) is 48.5 Å². The molecule has 0 radical (unpaired) electrons. The van der Waals surface area contributed by atoms with Gasteiger partial charge in [-0.25, -0.2) is 4.68 Å². The number of ether oxygens (including phenoxy) is 2. The van der Waals surface area contributed by atoms with Crippen LogP contribution in [0, 0.1) is 0 Å². The van der Waals surface area contributed by atoms with Crippen molar-refractivity contribution in [2.45, 2.75) is 57.7 Å². The van der Waals surface area contributed by atoms with E-state index < -0.39 is 6.04 Å². The summed E-state index contributed by atoms with van der Waals surface area (Å²) >= 11 is 0. The van der Waals surface area contributed by atoms with Gasteiger partial charge in [-0.1, -0.05) is 61.4 Å². The van der Waals surface area contributed by atoms with E-state index >= 15 is 0 Å². The van der Waals surface area contributed by atoms with Crippen LogP contribution in [0.15, 0.2) is 66.7 Å². The Bertz CT molecular complexity index is 1490. The van der Waals surface area contributed by atoms with E-state index in [9.17, 15) is 9.59 Å². The van der Waals surface area contributed by atoms with Gasteiger partial charge in [0.05, 0.1) is 5.52 Å². The van der Waals surface area contributed by atoms with Crippen molar-refractivity contribution in [1.82, 2.24) is 20.3 Å². The van der Waals surface area contributed by atoms with Gasteiger partial charge in [0, 0.05) is 17.8 Å². The predicted octanol–water partition coefficient (Wildman–Crippen LogP) is 4.56. The summed E-state index contributed by atoms with van der Waals surface area (Å²) in [6.45, 7) is 2.11. The van der Waals surface area contributed by atoms with E-state index in [-0.39, 0.29) is 31.2 Å². The monoisotopic (exact) mass is 525 g/mol. The molecule has 1 aliphatic carbocycles. The summed E-state index contributed by atoms with van der Waals surface area (Å²) in [4.78, 5) is 29.8. The maximum atomic E-state index is 14.2. The number of carbonyl (C=O) groups is 2. The van der Waals surface area contributed by atoms with Crippen molar-refractivity contribution in [2.24, 2.45) is 0 Å². The van der Waals surface area contributed by atoms with Gasteiger partial charge in [-0.15, -0.1) is 5.10 Å². The second kappa shape index (κ2) is 10.8. The molecule has 0 spiro atoms. The number of para-hydroxylation sites is 1. The fourth-order valence-corrected chi connectivity index (χ4v) is 5.41. The van der Waals surface area contributed by atoms with Crippen LogP contribution in [-0.4, -0.2) is 39.6 Å². The molecule has 6 rings (SSSR count). The molecule has 1 N–H and O–H groups in total. The Balaban J connectivity index is 1.43. The van der Waals surface area contributed by atoms with E-state index in [4.69, 9.17) is 9.47 Å². The number of hydrogen-bond acceptors (Lipinski definition) is 6. The molecule has 0 bridgehead atoms. The first kappa shape index (κ1) is 24.9. The third-order valence-electron chi connectivity index (χ3n) is 7.52. The Hall–Kier alpha value is -4.40. The maximum absolute atomic E-state index is 14.2. The van der Waals surface area contributed by atoms with Crippen molar-refractivity contribution >= 4 is 28.5 Å². The highest BCUT2D eigenvalue weighted by Gasteiger charge is 2.35. The number of amides is 2. The van der Waals surface area contributed by atoms with Crippen LogP contribution in [0.25, 0.3) is 11.0 Å². The van der Waals surface area contributed by atoms with Gasteiger partial charge in [0.1, 0.15) is 18.1 Å². The van der Waals surface area contributed by atoms with Gasteiger partial charge in [0.15, 0.2) is 11.5 Å². The second-order valence-electron chi connectivity index (χ2n) is 10.0. The average molecular weight is 526 g/mol. The smallest absolute Gasteiger partial charge is 0.249 e.